The van der Waals surface area contributed by atoms with Crippen LogP contribution in [0.15, 0.2) is 102 Å². The van der Waals surface area contributed by atoms with Crippen LogP contribution in [0.5, 0.6) is 0 Å². The second-order valence-electron chi connectivity index (χ2n) is 10.5. The summed E-state index contributed by atoms with van der Waals surface area (Å²) in [5.41, 5.74) is 22.9. The molecule has 7 nitrogen and oxygen atoms in total. The minimum absolute atomic E-state index is 0. The number of aromatic nitrogens is 2. The molecule has 0 aliphatic carbocycles. The van der Waals surface area contributed by atoms with Gasteiger partial charge in [-0.2, -0.15) is 0 Å². The average molecular weight is 661 g/mol. The molecule has 0 spiro atoms. The monoisotopic (exact) mass is 660 g/mol. The molecule has 47 heavy (non-hydrogen) atoms. The number of nitrogens with two attached hydrogens (primary N) is 1. The van der Waals surface area contributed by atoms with E-state index in [0.29, 0.717) is 25.9 Å². The molecule has 0 radical (unpaired) electrons. The molecule has 0 bridgehead atoms. The number of rotatable bonds is 9. The van der Waals surface area contributed by atoms with E-state index >= 15 is 0 Å². The smallest absolute Gasteiger partial charge is 0.123 e. The van der Waals surface area contributed by atoms with Gasteiger partial charge in [-0.25, -0.2) is 8.78 Å². The number of hydrogen-bond donors (Lipinski definition) is 4. The molecule has 0 fully saturated rings. The van der Waals surface area contributed by atoms with E-state index in [9.17, 15) is 8.78 Å². The van der Waals surface area contributed by atoms with Crippen LogP contribution in [0, 0.1) is 11.6 Å². The highest BCUT2D eigenvalue weighted by Crippen LogP contribution is 2.27. The number of nitrogens with one attached hydrogen (secondary N) is 2. The maximum atomic E-state index is 13.3. The first-order valence-corrected chi connectivity index (χ1v) is 14.9. The molecule has 0 unspecified atom stereocenters. The van der Waals surface area contributed by atoms with E-state index < -0.39 is 0 Å². The van der Waals surface area contributed by atoms with Gasteiger partial charge in [-0.15, -0.1) is 12.4 Å². The number of aromatic amines is 2. The molecule has 2 heterocycles. The lowest BCUT2D eigenvalue weighted by Gasteiger charge is -2.05. The summed E-state index contributed by atoms with van der Waals surface area (Å²) in [4.78, 5) is 9.34. The van der Waals surface area contributed by atoms with Crippen molar-refractivity contribution in [3.05, 3.63) is 153 Å². The van der Waals surface area contributed by atoms with Crippen LogP contribution >= 0.6 is 12.4 Å². The van der Waals surface area contributed by atoms with E-state index in [-0.39, 0.29) is 38.1 Å². The Hall–Kier alpha value is -4.66. The summed E-state index contributed by atoms with van der Waals surface area (Å²) in [6.07, 6.45) is 6.90. The molecule has 0 aliphatic rings. The van der Waals surface area contributed by atoms with Gasteiger partial charge in [0.15, 0.2) is 0 Å². The van der Waals surface area contributed by atoms with Crippen molar-refractivity contribution in [2.24, 2.45) is 10.8 Å². The fourth-order valence-corrected chi connectivity index (χ4v) is 5.47. The summed E-state index contributed by atoms with van der Waals surface area (Å²) in [5.74, 6) is -0.412. The van der Waals surface area contributed by atoms with Crippen molar-refractivity contribution in [3.63, 3.8) is 0 Å². The Kier molecular flexibility index (Phi) is 16.2. The van der Waals surface area contributed by atoms with Gasteiger partial charge < -0.3 is 20.8 Å². The Morgan fingerprint density at radius 3 is 1.62 bits per heavy atom. The van der Waals surface area contributed by atoms with Crippen molar-refractivity contribution in [1.82, 2.24) is 9.97 Å². The van der Waals surface area contributed by atoms with Crippen molar-refractivity contribution >= 4 is 34.2 Å². The molecular weight excluding hydrogens is 618 g/mol. The summed E-state index contributed by atoms with van der Waals surface area (Å²) >= 11 is 0. The molecule has 0 aliphatic heterocycles. The predicted molar refractivity (Wildman–Crippen MR) is 192 cm³/mol. The highest BCUT2D eigenvalue weighted by Gasteiger charge is 2.10. The van der Waals surface area contributed by atoms with Gasteiger partial charge in [0.25, 0.3) is 0 Å². The van der Waals surface area contributed by atoms with Gasteiger partial charge in [0, 0.05) is 52.3 Å². The first kappa shape index (κ1) is 38.5. The van der Waals surface area contributed by atoms with Crippen LogP contribution in [0.4, 0.5) is 8.78 Å². The van der Waals surface area contributed by atoms with Crippen molar-refractivity contribution < 1.29 is 13.9 Å². The third kappa shape index (κ3) is 10.7. The average Bonchev–Trinajstić information content (AvgIpc) is 3.63. The van der Waals surface area contributed by atoms with Crippen LogP contribution in [-0.2, 0) is 25.7 Å². The van der Waals surface area contributed by atoms with Gasteiger partial charge in [0.1, 0.15) is 11.6 Å². The molecule has 0 atom stereocenters. The molecule has 0 amide bonds. The van der Waals surface area contributed by atoms with Gasteiger partial charge in [-0.05, 0) is 114 Å². The van der Waals surface area contributed by atoms with Crippen molar-refractivity contribution in [1.29, 1.82) is 0 Å². The summed E-state index contributed by atoms with van der Waals surface area (Å²) in [7, 11) is 0. The maximum Gasteiger partial charge on any atom is 0.123 e. The first-order valence-electron chi connectivity index (χ1n) is 14.9. The molecule has 0 saturated heterocycles. The molecule has 5 N–H and O–H groups in total. The van der Waals surface area contributed by atoms with Gasteiger partial charge in [-0.3, -0.25) is 0 Å². The SMILES string of the molecule is C.CCO.Cl.NCCc1cccc2[nH]cc(Cc3cccc(F)c3)c12.[N-]=[N+]=NCCc1cccc2[nH]cc(Cc3cccc(F)c3)c12. The predicted octanol–water partition coefficient (Wildman–Crippen LogP) is 9.21. The van der Waals surface area contributed by atoms with Crippen LogP contribution < -0.4 is 5.73 Å². The third-order valence-electron chi connectivity index (χ3n) is 7.27. The first-order chi connectivity index (χ1) is 22.0. The second-order valence-corrected chi connectivity index (χ2v) is 10.5. The van der Waals surface area contributed by atoms with E-state index in [1.807, 2.05) is 48.8 Å². The van der Waals surface area contributed by atoms with E-state index in [1.165, 1.54) is 28.6 Å². The molecule has 10 heteroatoms. The van der Waals surface area contributed by atoms with Gasteiger partial charge in [-0.1, -0.05) is 61.1 Å². The fourth-order valence-electron chi connectivity index (χ4n) is 5.47. The topological polar surface area (TPSA) is 127 Å². The van der Waals surface area contributed by atoms with Crippen molar-refractivity contribution in [2.75, 3.05) is 19.7 Å². The van der Waals surface area contributed by atoms with Crippen LogP contribution in [0.1, 0.15) is 47.7 Å². The lowest BCUT2D eigenvalue weighted by atomic mass is 9.99. The Balaban J connectivity index is 0.000000291. The zero-order chi connectivity index (χ0) is 32.0. The lowest BCUT2D eigenvalue weighted by Crippen LogP contribution is -2.03. The summed E-state index contributed by atoms with van der Waals surface area (Å²) < 4.78 is 26.6. The number of nitrogens with zero attached hydrogens (tertiary/aromatic N) is 3. The molecule has 2 aromatic heterocycles. The molecule has 4 aromatic carbocycles. The zero-order valence-corrected chi connectivity index (χ0v) is 26.5. The Morgan fingerprint density at radius 2 is 1.19 bits per heavy atom. The molecule has 6 aromatic rings. The summed E-state index contributed by atoms with van der Waals surface area (Å²) in [6, 6.07) is 25.7. The van der Waals surface area contributed by atoms with Gasteiger partial charge >= 0.3 is 0 Å². The van der Waals surface area contributed by atoms with Crippen molar-refractivity contribution in [3.8, 4) is 0 Å². The number of H-pyrrole nitrogens is 2. The molecule has 0 saturated carbocycles. The molecule has 248 valence electrons. The quantitative estimate of drug-likeness (QED) is 0.0701. The fraction of sp³-hybridized carbons (Fsp3) is 0.243. The largest absolute Gasteiger partial charge is 0.397 e. The minimum atomic E-state index is -0.221. The highest BCUT2D eigenvalue weighted by molar-refractivity contribution is 5.88. The number of aliphatic hydroxyl groups is 1. The zero-order valence-electron chi connectivity index (χ0n) is 25.7. The Labute approximate surface area is 280 Å². The maximum absolute atomic E-state index is 13.3. The normalized spacial score (nSPS) is 10.1. The third-order valence-corrected chi connectivity index (χ3v) is 7.27. The van der Waals surface area contributed by atoms with Crippen LogP contribution in [0.3, 0.4) is 0 Å². The van der Waals surface area contributed by atoms with Crippen LogP contribution in [0.25, 0.3) is 32.2 Å². The number of benzene rings is 4. The van der Waals surface area contributed by atoms with E-state index in [4.69, 9.17) is 16.4 Å². The van der Waals surface area contributed by atoms with Gasteiger partial charge in [0.05, 0.1) is 0 Å². The number of fused-ring (bicyclic) bond motifs is 2. The van der Waals surface area contributed by atoms with E-state index in [1.54, 1.807) is 31.2 Å². The molecular formula is C37H43ClF2N6O. The minimum Gasteiger partial charge on any atom is -0.397 e. The highest BCUT2D eigenvalue weighted by atomic mass is 35.5. The van der Waals surface area contributed by atoms with E-state index in [0.717, 1.165) is 51.5 Å². The van der Waals surface area contributed by atoms with Crippen molar-refractivity contribution in [2.45, 2.75) is 40.0 Å². The van der Waals surface area contributed by atoms with Crippen LogP contribution in [0.2, 0.25) is 0 Å². The number of halogens is 3. The number of hydrogen-bond acceptors (Lipinski definition) is 3. The number of aliphatic hydroxyl groups excluding tert-OH is 1. The van der Waals surface area contributed by atoms with E-state index in [2.05, 4.69) is 32.1 Å². The summed E-state index contributed by atoms with van der Waals surface area (Å²) in [5, 5.41) is 13.5. The number of azide groups is 1. The Morgan fingerprint density at radius 1 is 0.745 bits per heavy atom. The summed E-state index contributed by atoms with van der Waals surface area (Å²) in [6.45, 7) is 2.99. The lowest BCUT2D eigenvalue weighted by molar-refractivity contribution is 0.318. The second kappa shape index (κ2) is 19.8. The Bertz CT molecular complexity index is 1880. The standard InChI is InChI=1S/C17H15FN4.C17H17FN2.C2H6O.CH4.ClH/c18-15-5-1-3-12(10-15)9-14-11-20-16-6-2-4-13(17(14)16)7-8-21-22-19;18-15-5-1-3-12(10-15)9-14-11-20-16-6-2-4-13(7-8-19)17(14)16;1-2-3;;/h1-6,10-11,20H,7-9H2;1-6,10-11,20H,7-9,19H2;3H,2H2,1H3;1H4;1H. The van der Waals surface area contributed by atoms with Gasteiger partial charge in [0.2, 0.25) is 0 Å². The van der Waals surface area contributed by atoms with Crippen LogP contribution in [-0.4, -0.2) is 34.8 Å². The molecule has 6 rings (SSSR count).